The van der Waals surface area contributed by atoms with Crippen molar-refractivity contribution in [3.63, 3.8) is 0 Å². The second-order valence-electron chi connectivity index (χ2n) is 7.32. The van der Waals surface area contributed by atoms with Crippen LogP contribution in [0.2, 0.25) is 0 Å². The number of benzene rings is 1. The van der Waals surface area contributed by atoms with E-state index in [2.05, 4.69) is 6.07 Å². The number of carbonyl (C=O) groups is 2. The normalized spacial score (nSPS) is 17.5. The number of primary amides is 1. The van der Waals surface area contributed by atoms with Gasteiger partial charge in [0.05, 0.1) is 6.54 Å². The summed E-state index contributed by atoms with van der Waals surface area (Å²) in [5.74, 6) is 0.189. The quantitative estimate of drug-likeness (QED) is 0.872. The maximum Gasteiger partial charge on any atom is 0.254 e. The molecule has 0 aliphatic heterocycles. The number of amides is 2. The molecule has 1 aromatic carbocycles. The highest BCUT2D eigenvalue weighted by Crippen LogP contribution is 2.27. The highest BCUT2D eigenvalue weighted by atomic mass is 16.2. The van der Waals surface area contributed by atoms with Crippen LogP contribution in [-0.4, -0.2) is 29.8 Å². The molecule has 0 aromatic heterocycles. The molecule has 0 saturated heterocycles. The number of fused-ring (bicyclic) bond motifs is 1. The van der Waals surface area contributed by atoms with Gasteiger partial charge in [0.15, 0.2) is 0 Å². The highest BCUT2D eigenvalue weighted by molar-refractivity contribution is 5.96. The third kappa shape index (κ3) is 4.16. The summed E-state index contributed by atoms with van der Waals surface area (Å²) >= 11 is 0. The molecule has 24 heavy (non-hydrogen) atoms. The van der Waals surface area contributed by atoms with Gasteiger partial charge in [0, 0.05) is 12.1 Å². The zero-order valence-corrected chi connectivity index (χ0v) is 14.4. The molecule has 0 unspecified atom stereocenters. The van der Waals surface area contributed by atoms with E-state index in [-0.39, 0.29) is 12.5 Å². The van der Waals surface area contributed by atoms with Crippen molar-refractivity contribution < 1.29 is 9.59 Å². The first-order valence-corrected chi connectivity index (χ1v) is 9.33. The summed E-state index contributed by atoms with van der Waals surface area (Å²) in [4.78, 5) is 25.9. The molecular formula is C20H28N2O2. The monoisotopic (exact) mass is 328 g/mol. The Labute approximate surface area is 144 Å². The fourth-order valence-electron chi connectivity index (χ4n) is 4.14. The smallest absolute Gasteiger partial charge is 0.254 e. The van der Waals surface area contributed by atoms with E-state index in [0.29, 0.717) is 18.0 Å². The van der Waals surface area contributed by atoms with Crippen LogP contribution in [0.3, 0.4) is 0 Å². The van der Waals surface area contributed by atoms with Crippen LogP contribution >= 0.6 is 0 Å². The van der Waals surface area contributed by atoms with Gasteiger partial charge in [-0.25, -0.2) is 0 Å². The molecule has 4 nitrogen and oxygen atoms in total. The standard InChI is InChI=1S/C20H28N2O2/c21-19(23)14-22(12-11-15-5-2-1-3-6-15)20(24)18-10-9-16-7-4-8-17(16)13-18/h9-10,13,15H,1-8,11-12,14H2,(H2,21,23). The van der Waals surface area contributed by atoms with Gasteiger partial charge in [0.2, 0.25) is 5.91 Å². The largest absolute Gasteiger partial charge is 0.368 e. The number of nitrogens with zero attached hydrogens (tertiary/aromatic N) is 1. The number of hydrogen-bond donors (Lipinski definition) is 1. The molecule has 2 aliphatic carbocycles. The third-order valence-electron chi connectivity index (χ3n) is 5.51. The molecule has 4 heteroatoms. The van der Waals surface area contributed by atoms with Gasteiger partial charge >= 0.3 is 0 Å². The number of nitrogens with two attached hydrogens (primary N) is 1. The first kappa shape index (κ1) is 17.0. The second-order valence-corrected chi connectivity index (χ2v) is 7.32. The van der Waals surface area contributed by atoms with Crippen molar-refractivity contribution in [3.8, 4) is 0 Å². The van der Waals surface area contributed by atoms with Crippen LogP contribution in [0.4, 0.5) is 0 Å². The van der Waals surface area contributed by atoms with Crippen molar-refractivity contribution >= 4 is 11.8 Å². The molecule has 130 valence electrons. The summed E-state index contributed by atoms with van der Waals surface area (Å²) in [5, 5.41) is 0. The minimum atomic E-state index is -0.437. The van der Waals surface area contributed by atoms with E-state index in [4.69, 9.17) is 5.73 Å². The Bertz CT molecular complexity index is 606. The summed E-state index contributed by atoms with van der Waals surface area (Å²) in [6.07, 6.45) is 10.7. The number of hydrogen-bond acceptors (Lipinski definition) is 2. The van der Waals surface area contributed by atoms with Gasteiger partial charge in [-0.1, -0.05) is 38.2 Å². The molecular weight excluding hydrogens is 300 g/mol. The van der Waals surface area contributed by atoms with Crippen LogP contribution in [0.25, 0.3) is 0 Å². The van der Waals surface area contributed by atoms with Crippen LogP contribution in [0.5, 0.6) is 0 Å². The predicted molar refractivity (Wildman–Crippen MR) is 94.8 cm³/mol. The van der Waals surface area contributed by atoms with E-state index in [9.17, 15) is 9.59 Å². The molecule has 1 saturated carbocycles. The minimum Gasteiger partial charge on any atom is -0.368 e. The molecule has 2 amide bonds. The van der Waals surface area contributed by atoms with Crippen LogP contribution < -0.4 is 5.73 Å². The molecule has 0 bridgehead atoms. The van der Waals surface area contributed by atoms with Crippen molar-refractivity contribution in [1.29, 1.82) is 0 Å². The lowest BCUT2D eigenvalue weighted by Gasteiger charge is -2.26. The van der Waals surface area contributed by atoms with Gasteiger partial charge in [-0.2, -0.15) is 0 Å². The van der Waals surface area contributed by atoms with Gasteiger partial charge in [0.25, 0.3) is 5.91 Å². The summed E-state index contributed by atoms with van der Waals surface area (Å²) in [6, 6.07) is 5.99. The fourth-order valence-corrected chi connectivity index (χ4v) is 4.14. The zero-order valence-electron chi connectivity index (χ0n) is 14.4. The van der Waals surface area contributed by atoms with Gasteiger partial charge in [-0.15, -0.1) is 0 Å². The Morgan fingerprint density at radius 1 is 1.04 bits per heavy atom. The Balaban J connectivity index is 1.67. The third-order valence-corrected chi connectivity index (χ3v) is 5.51. The number of rotatable bonds is 6. The van der Waals surface area contributed by atoms with Crippen LogP contribution in [0.1, 0.15) is 66.4 Å². The topological polar surface area (TPSA) is 63.4 Å². The lowest BCUT2D eigenvalue weighted by atomic mass is 9.87. The van der Waals surface area contributed by atoms with Gasteiger partial charge in [-0.05, 0) is 54.9 Å². The second kappa shape index (κ2) is 7.82. The molecule has 0 spiro atoms. The maximum absolute atomic E-state index is 12.9. The van der Waals surface area contributed by atoms with E-state index in [0.717, 1.165) is 19.3 Å². The minimum absolute atomic E-state index is 0.0165. The Hall–Kier alpha value is -1.84. The summed E-state index contributed by atoms with van der Waals surface area (Å²) in [7, 11) is 0. The average molecular weight is 328 g/mol. The first-order chi connectivity index (χ1) is 11.6. The van der Waals surface area contributed by atoms with E-state index >= 15 is 0 Å². The molecule has 2 aliphatic rings. The molecule has 1 aromatic rings. The SMILES string of the molecule is NC(=O)CN(CCC1CCCCC1)C(=O)c1ccc2c(c1)CCC2. The van der Waals surface area contributed by atoms with E-state index in [1.54, 1.807) is 4.90 Å². The van der Waals surface area contributed by atoms with Gasteiger partial charge < -0.3 is 10.6 Å². The van der Waals surface area contributed by atoms with Crippen molar-refractivity contribution in [2.45, 2.75) is 57.8 Å². The summed E-state index contributed by atoms with van der Waals surface area (Å²) in [6.45, 7) is 0.645. The first-order valence-electron chi connectivity index (χ1n) is 9.33. The molecule has 2 N–H and O–H groups in total. The van der Waals surface area contributed by atoms with Crippen molar-refractivity contribution in [3.05, 3.63) is 34.9 Å². The lowest BCUT2D eigenvalue weighted by molar-refractivity contribution is -0.118. The fraction of sp³-hybridized carbons (Fsp3) is 0.600. The number of aryl methyl sites for hydroxylation is 2. The maximum atomic E-state index is 12.9. The van der Waals surface area contributed by atoms with E-state index in [1.807, 2.05) is 12.1 Å². The zero-order chi connectivity index (χ0) is 16.9. The lowest BCUT2D eigenvalue weighted by Crippen LogP contribution is -2.39. The van der Waals surface area contributed by atoms with Crippen LogP contribution in [-0.2, 0) is 17.6 Å². The van der Waals surface area contributed by atoms with Crippen molar-refractivity contribution in [2.24, 2.45) is 11.7 Å². The molecule has 3 rings (SSSR count). The summed E-state index contributed by atoms with van der Waals surface area (Å²) < 4.78 is 0. The summed E-state index contributed by atoms with van der Waals surface area (Å²) in [5.41, 5.74) is 8.71. The van der Waals surface area contributed by atoms with Crippen LogP contribution in [0.15, 0.2) is 18.2 Å². The molecule has 0 radical (unpaired) electrons. The van der Waals surface area contributed by atoms with Crippen LogP contribution in [0, 0.1) is 5.92 Å². The van der Waals surface area contributed by atoms with Crippen molar-refractivity contribution in [2.75, 3.05) is 13.1 Å². The average Bonchev–Trinajstić information content (AvgIpc) is 3.06. The Morgan fingerprint density at radius 2 is 1.79 bits per heavy atom. The Kier molecular flexibility index (Phi) is 5.54. The molecule has 1 fully saturated rings. The van der Waals surface area contributed by atoms with Crippen molar-refractivity contribution in [1.82, 2.24) is 4.90 Å². The number of carbonyl (C=O) groups excluding carboxylic acids is 2. The molecule has 0 atom stereocenters. The predicted octanol–water partition coefficient (Wildman–Crippen LogP) is 3.07. The van der Waals surface area contributed by atoms with Gasteiger partial charge in [-0.3, -0.25) is 9.59 Å². The van der Waals surface area contributed by atoms with E-state index in [1.165, 1.54) is 49.7 Å². The van der Waals surface area contributed by atoms with Gasteiger partial charge in [0.1, 0.15) is 0 Å². The molecule has 0 heterocycles. The van der Waals surface area contributed by atoms with E-state index < -0.39 is 5.91 Å². The Morgan fingerprint density at radius 3 is 2.54 bits per heavy atom. The highest BCUT2D eigenvalue weighted by Gasteiger charge is 2.22.